The molecule has 1 N–H and O–H groups in total. The third-order valence-electron chi connectivity index (χ3n) is 4.03. The molecule has 4 nitrogen and oxygen atoms in total. The van der Waals surface area contributed by atoms with Gasteiger partial charge in [0.25, 0.3) is 0 Å². The molecule has 0 saturated heterocycles. The molecule has 0 bridgehead atoms. The van der Waals surface area contributed by atoms with Crippen molar-refractivity contribution >= 4 is 5.97 Å². The Balaban J connectivity index is 2.83. The number of carbonyl (C=O) groups excluding carboxylic acids is 1. The van der Waals surface area contributed by atoms with E-state index in [0.717, 1.165) is 19.3 Å². The molecule has 0 amide bonds. The molecule has 0 heterocycles. The normalized spacial score (nSPS) is 33.2. The fourth-order valence-corrected chi connectivity index (χ4v) is 3.07. The van der Waals surface area contributed by atoms with Crippen molar-refractivity contribution in [3.8, 4) is 0 Å². The van der Waals surface area contributed by atoms with Crippen molar-refractivity contribution in [3.63, 3.8) is 0 Å². The van der Waals surface area contributed by atoms with Crippen molar-refractivity contribution in [1.82, 2.24) is 0 Å². The van der Waals surface area contributed by atoms with Crippen LogP contribution < -0.4 is 0 Å². The van der Waals surface area contributed by atoms with Gasteiger partial charge in [-0.05, 0) is 39.0 Å². The van der Waals surface area contributed by atoms with Gasteiger partial charge in [-0.15, -0.1) is 0 Å². The predicted molar refractivity (Wildman–Crippen MR) is 73.8 cm³/mol. The van der Waals surface area contributed by atoms with Crippen LogP contribution in [0.5, 0.6) is 0 Å². The first-order chi connectivity index (χ1) is 8.69. The van der Waals surface area contributed by atoms with E-state index in [4.69, 9.17) is 9.47 Å². The van der Waals surface area contributed by atoms with Crippen LogP contribution in [0.15, 0.2) is 0 Å². The second-order valence-corrected chi connectivity index (χ2v) is 6.45. The summed E-state index contributed by atoms with van der Waals surface area (Å²) in [5.74, 6) is 0.0824. The molecule has 0 aliphatic heterocycles. The molecule has 1 aliphatic rings. The number of ether oxygens (including phenoxy) is 2. The number of hydrogen-bond donors (Lipinski definition) is 1. The molecule has 0 radical (unpaired) electrons. The Hall–Kier alpha value is -0.610. The van der Waals surface area contributed by atoms with Gasteiger partial charge >= 0.3 is 5.97 Å². The second kappa shape index (κ2) is 6.23. The minimum Gasteiger partial charge on any atom is -0.459 e. The van der Waals surface area contributed by atoms with Crippen LogP contribution in [0.2, 0.25) is 0 Å². The minimum atomic E-state index is -0.475. The summed E-state index contributed by atoms with van der Waals surface area (Å²) in [6.07, 6.45) is 3.02. The van der Waals surface area contributed by atoms with Gasteiger partial charge in [-0.1, -0.05) is 13.8 Å². The van der Waals surface area contributed by atoms with E-state index in [1.165, 1.54) is 6.92 Å². The van der Waals surface area contributed by atoms with Crippen LogP contribution in [0.1, 0.15) is 60.3 Å². The van der Waals surface area contributed by atoms with E-state index in [9.17, 15) is 9.90 Å². The van der Waals surface area contributed by atoms with Crippen LogP contribution in [-0.4, -0.2) is 35.0 Å². The van der Waals surface area contributed by atoms with Crippen molar-refractivity contribution in [1.29, 1.82) is 0 Å². The average Bonchev–Trinajstić information content (AvgIpc) is 2.24. The molecule has 4 heteroatoms. The lowest BCUT2D eigenvalue weighted by Crippen LogP contribution is -2.51. The van der Waals surface area contributed by atoms with Gasteiger partial charge in [-0.25, -0.2) is 0 Å². The summed E-state index contributed by atoms with van der Waals surface area (Å²) >= 11 is 0. The highest BCUT2D eigenvalue weighted by Gasteiger charge is 2.47. The molecule has 0 aromatic carbocycles. The summed E-state index contributed by atoms with van der Waals surface area (Å²) in [7, 11) is 0. The molecular weight excluding hydrogens is 244 g/mol. The Morgan fingerprint density at radius 2 is 1.95 bits per heavy atom. The minimum absolute atomic E-state index is 0.238. The topological polar surface area (TPSA) is 55.8 Å². The van der Waals surface area contributed by atoms with Gasteiger partial charge in [-0.3, -0.25) is 4.79 Å². The van der Waals surface area contributed by atoms with Gasteiger partial charge in [-0.2, -0.15) is 0 Å². The molecule has 0 spiro atoms. The maximum absolute atomic E-state index is 11.3. The Kier molecular flexibility index (Phi) is 5.39. The van der Waals surface area contributed by atoms with Crippen LogP contribution in [0.3, 0.4) is 0 Å². The predicted octanol–water partition coefficient (Wildman–Crippen LogP) is 2.67. The fraction of sp³-hybridized carbons (Fsp3) is 0.933. The first-order valence-electron chi connectivity index (χ1n) is 7.21. The molecule has 1 saturated carbocycles. The van der Waals surface area contributed by atoms with Gasteiger partial charge in [0.2, 0.25) is 0 Å². The van der Waals surface area contributed by atoms with Crippen LogP contribution >= 0.6 is 0 Å². The zero-order chi connectivity index (χ0) is 14.7. The summed E-state index contributed by atoms with van der Waals surface area (Å²) in [5, 5.41) is 9.44. The molecule has 112 valence electrons. The van der Waals surface area contributed by atoms with Crippen LogP contribution in [0.4, 0.5) is 0 Å². The lowest BCUT2D eigenvalue weighted by atomic mass is 9.70. The molecule has 0 aromatic rings. The largest absolute Gasteiger partial charge is 0.459 e. The van der Waals surface area contributed by atoms with Crippen molar-refractivity contribution in [2.75, 3.05) is 6.61 Å². The summed E-state index contributed by atoms with van der Waals surface area (Å²) in [6, 6.07) is 0. The molecule has 1 rings (SSSR count). The number of esters is 1. The first-order valence-corrected chi connectivity index (χ1v) is 7.21. The summed E-state index contributed by atoms with van der Waals surface area (Å²) in [5.41, 5.74) is -0.757. The van der Waals surface area contributed by atoms with Crippen molar-refractivity contribution in [2.45, 2.75) is 77.6 Å². The SMILES string of the molecule is CC(=O)OC1(C)CCCC(OCC(C)O)(C(C)C)C1. The van der Waals surface area contributed by atoms with Crippen molar-refractivity contribution in [3.05, 3.63) is 0 Å². The van der Waals surface area contributed by atoms with E-state index in [1.54, 1.807) is 6.92 Å². The maximum Gasteiger partial charge on any atom is 0.303 e. The van der Waals surface area contributed by atoms with Gasteiger partial charge in [0.15, 0.2) is 0 Å². The maximum atomic E-state index is 11.3. The zero-order valence-corrected chi connectivity index (χ0v) is 12.9. The quantitative estimate of drug-likeness (QED) is 0.782. The third kappa shape index (κ3) is 4.46. The van der Waals surface area contributed by atoms with E-state index in [1.807, 2.05) is 6.92 Å². The third-order valence-corrected chi connectivity index (χ3v) is 4.03. The first kappa shape index (κ1) is 16.4. The molecular formula is C15H28O4. The van der Waals surface area contributed by atoms with Crippen molar-refractivity contribution in [2.24, 2.45) is 5.92 Å². The molecule has 0 aromatic heterocycles. The number of rotatable bonds is 5. The zero-order valence-electron chi connectivity index (χ0n) is 12.9. The molecule has 19 heavy (non-hydrogen) atoms. The highest BCUT2D eigenvalue weighted by atomic mass is 16.6. The number of aliphatic hydroxyl groups excluding tert-OH is 1. The lowest BCUT2D eigenvalue weighted by molar-refractivity contribution is -0.188. The second-order valence-electron chi connectivity index (χ2n) is 6.45. The Bertz CT molecular complexity index is 313. The average molecular weight is 272 g/mol. The molecule has 1 fully saturated rings. The van der Waals surface area contributed by atoms with Crippen LogP contribution in [0, 0.1) is 5.92 Å². The summed E-state index contributed by atoms with van der Waals surface area (Å²) in [6.45, 7) is 9.74. The van der Waals surface area contributed by atoms with E-state index in [-0.39, 0.29) is 11.6 Å². The van der Waals surface area contributed by atoms with Gasteiger partial charge in [0.05, 0.1) is 18.3 Å². The smallest absolute Gasteiger partial charge is 0.303 e. The molecule has 1 aliphatic carbocycles. The highest BCUT2D eigenvalue weighted by Crippen LogP contribution is 2.44. The lowest BCUT2D eigenvalue weighted by Gasteiger charge is -2.48. The van der Waals surface area contributed by atoms with Crippen LogP contribution in [0.25, 0.3) is 0 Å². The Labute approximate surface area is 116 Å². The standard InChI is InChI=1S/C15H28O4/c1-11(2)15(18-9-12(3)16)8-6-7-14(5,10-15)19-13(4)17/h11-12,16H,6-10H2,1-5H3. The van der Waals surface area contributed by atoms with Gasteiger partial charge in [0.1, 0.15) is 5.60 Å². The van der Waals surface area contributed by atoms with Crippen molar-refractivity contribution < 1.29 is 19.4 Å². The van der Waals surface area contributed by atoms with Gasteiger partial charge in [0, 0.05) is 13.3 Å². The summed E-state index contributed by atoms with van der Waals surface area (Å²) in [4.78, 5) is 11.3. The molecule has 3 atom stereocenters. The molecule has 3 unspecified atom stereocenters. The fourth-order valence-electron chi connectivity index (χ4n) is 3.07. The van der Waals surface area contributed by atoms with E-state index in [2.05, 4.69) is 13.8 Å². The van der Waals surface area contributed by atoms with E-state index < -0.39 is 11.7 Å². The van der Waals surface area contributed by atoms with E-state index in [0.29, 0.717) is 18.9 Å². The Morgan fingerprint density at radius 1 is 1.32 bits per heavy atom. The Morgan fingerprint density at radius 3 is 2.42 bits per heavy atom. The summed E-state index contributed by atoms with van der Waals surface area (Å²) < 4.78 is 11.5. The van der Waals surface area contributed by atoms with E-state index >= 15 is 0 Å². The monoisotopic (exact) mass is 272 g/mol. The van der Waals surface area contributed by atoms with Gasteiger partial charge < -0.3 is 14.6 Å². The van der Waals surface area contributed by atoms with Crippen LogP contribution in [-0.2, 0) is 14.3 Å². The number of aliphatic hydroxyl groups is 1. The number of carbonyl (C=O) groups is 1. The highest BCUT2D eigenvalue weighted by molar-refractivity contribution is 5.66. The number of hydrogen-bond acceptors (Lipinski definition) is 4.